The van der Waals surface area contributed by atoms with Gasteiger partial charge in [-0.3, -0.25) is 0 Å². The molecule has 0 spiro atoms. The van der Waals surface area contributed by atoms with Crippen LogP contribution in [0, 0.1) is 23.7 Å². The van der Waals surface area contributed by atoms with Gasteiger partial charge in [0.25, 0.3) is 0 Å². The van der Waals surface area contributed by atoms with E-state index in [1.807, 2.05) is 60.7 Å². The Hall–Kier alpha value is -4.30. The summed E-state index contributed by atoms with van der Waals surface area (Å²) in [5, 5.41) is 33.5. The van der Waals surface area contributed by atoms with Crippen molar-refractivity contribution >= 4 is 12.1 Å². The lowest BCUT2D eigenvalue weighted by Crippen LogP contribution is -2.67. The molecule has 4 fully saturated rings. The van der Waals surface area contributed by atoms with Gasteiger partial charge in [0.2, 0.25) is 0 Å². The number of methoxy groups -OCH3 is 2. The monoisotopic (exact) mass is 806 g/mol. The lowest BCUT2D eigenvalue weighted by molar-refractivity contribution is -0.340. The van der Waals surface area contributed by atoms with Gasteiger partial charge in [0.15, 0.2) is 25.2 Å². The number of fused-ring (bicyclic) bond motifs is 2. The minimum Gasteiger partial charge on any atom is -0.388 e. The van der Waals surface area contributed by atoms with Gasteiger partial charge in [0.05, 0.1) is 13.2 Å². The van der Waals surface area contributed by atoms with Crippen molar-refractivity contribution in [3.05, 3.63) is 71.8 Å². The van der Waals surface area contributed by atoms with Gasteiger partial charge in [0.1, 0.15) is 48.7 Å². The predicted molar refractivity (Wildman–Crippen MR) is 207 cm³/mol. The van der Waals surface area contributed by atoms with Crippen LogP contribution < -0.4 is 21.3 Å². The van der Waals surface area contributed by atoms with Crippen LogP contribution in [0.15, 0.2) is 60.7 Å². The zero-order valence-electron chi connectivity index (χ0n) is 32.7. The minimum atomic E-state index is -1.08. The van der Waals surface area contributed by atoms with Crippen molar-refractivity contribution in [3.63, 3.8) is 0 Å². The molecule has 4 aliphatic rings. The molecule has 314 valence electrons. The highest BCUT2D eigenvalue weighted by molar-refractivity contribution is 5.74. The van der Waals surface area contributed by atoms with Gasteiger partial charge in [-0.25, -0.2) is 9.59 Å². The number of hydrogen-bond donors (Lipinski definition) is 6. The molecule has 0 aliphatic carbocycles. The number of ether oxygens (including phenoxy) is 8. The van der Waals surface area contributed by atoms with Crippen molar-refractivity contribution < 1.29 is 57.7 Å². The van der Waals surface area contributed by atoms with Crippen LogP contribution in [0.1, 0.15) is 62.2 Å². The van der Waals surface area contributed by atoms with Gasteiger partial charge < -0.3 is 69.4 Å². The number of aliphatic hydroxyl groups is 2. The lowest BCUT2D eigenvalue weighted by atomic mass is 9.96. The number of carbonyl (C=O) groups excluding carboxylic acids is 2. The quantitative estimate of drug-likeness (QED) is 0.121. The summed E-state index contributed by atoms with van der Waals surface area (Å²) in [5.74, 6) is 11.8. The highest BCUT2D eigenvalue weighted by Crippen LogP contribution is 2.35. The highest BCUT2D eigenvalue weighted by atomic mass is 16.8. The number of hydrogen-bond acceptors (Lipinski definition) is 12. The Morgan fingerprint density at radius 2 is 1.05 bits per heavy atom. The van der Waals surface area contributed by atoms with E-state index >= 15 is 0 Å². The van der Waals surface area contributed by atoms with E-state index in [1.54, 1.807) is 0 Å². The number of carbonyl (C=O) groups is 2. The van der Waals surface area contributed by atoms with Crippen LogP contribution in [0.2, 0.25) is 0 Å². The largest absolute Gasteiger partial charge is 0.388 e. The van der Waals surface area contributed by atoms with E-state index in [-0.39, 0.29) is 13.2 Å². The molecule has 58 heavy (non-hydrogen) atoms. The number of aliphatic hydroxyl groups excluding tert-OH is 2. The second-order valence-electron chi connectivity index (χ2n) is 14.3. The number of amides is 4. The first-order valence-electron chi connectivity index (χ1n) is 19.8. The molecule has 12 atom stereocenters. The molecule has 6 rings (SSSR count). The highest BCUT2D eigenvalue weighted by Gasteiger charge is 2.51. The lowest BCUT2D eigenvalue weighted by Gasteiger charge is -2.47. The number of benzene rings is 2. The molecule has 4 heterocycles. The van der Waals surface area contributed by atoms with Crippen LogP contribution in [-0.2, 0) is 37.9 Å². The van der Waals surface area contributed by atoms with Gasteiger partial charge in [-0.15, -0.1) is 0 Å². The average Bonchev–Trinajstić information content (AvgIpc) is 3.25. The van der Waals surface area contributed by atoms with E-state index in [4.69, 9.17) is 37.9 Å². The van der Waals surface area contributed by atoms with Crippen LogP contribution in [-0.4, -0.2) is 124 Å². The summed E-state index contributed by atoms with van der Waals surface area (Å²) >= 11 is 0. The van der Waals surface area contributed by atoms with Gasteiger partial charge >= 0.3 is 12.1 Å². The predicted octanol–water partition coefficient (Wildman–Crippen LogP) is 2.36. The van der Waals surface area contributed by atoms with E-state index < -0.39 is 85.9 Å². The van der Waals surface area contributed by atoms with Gasteiger partial charge in [-0.2, -0.15) is 0 Å². The van der Waals surface area contributed by atoms with Crippen molar-refractivity contribution in [2.45, 2.75) is 112 Å². The molecule has 0 bridgehead atoms. The summed E-state index contributed by atoms with van der Waals surface area (Å²) in [6.07, 6.45) is -3.57. The first-order valence-corrected chi connectivity index (χ1v) is 19.8. The number of unbranched alkanes of at least 4 members (excludes halogenated alkanes) is 4. The summed E-state index contributed by atoms with van der Waals surface area (Å²) in [5.41, 5.74) is 1.65. The molecule has 4 amide bonds. The Kier molecular flexibility index (Phi) is 16.5. The number of rotatable bonds is 14. The standard InChI is InChI=1S/C42H54N4O12/c1-51-39-31(33(47)35-29(55-39)25-53-37(57-35)27-19-13-11-14-20-27)45-41(49)43-23-17-9-7-5-3-4-6-8-10-18-24-44-42(50)46-32-34(48)36-30(56-40(32)52-2)26-54-38(58-36)28-21-15-12-16-22-28/h11-16,19-22,29-40,47-48H,7-10,17-18,23-26H2,1-2H3,(H2,43,45,49)(H2,44,46,50)/t29-,30-,31-,32-,33-,34-,35-,36-,37?,38?,39+,40+/m1/s1. The third-order valence-corrected chi connectivity index (χ3v) is 10.2. The summed E-state index contributed by atoms with van der Waals surface area (Å²) in [4.78, 5) is 25.4. The molecule has 2 aromatic carbocycles. The Balaban J connectivity index is 0.808. The third-order valence-electron chi connectivity index (χ3n) is 10.2. The maximum atomic E-state index is 12.7. The fourth-order valence-corrected chi connectivity index (χ4v) is 7.15. The zero-order valence-corrected chi connectivity index (χ0v) is 32.7. The first-order chi connectivity index (χ1) is 28.4. The molecule has 0 aromatic heterocycles. The van der Waals surface area contributed by atoms with Crippen LogP contribution in [0.4, 0.5) is 9.59 Å². The molecule has 4 saturated heterocycles. The molecule has 4 aliphatic heterocycles. The Labute approximate surface area is 338 Å². The van der Waals surface area contributed by atoms with E-state index in [9.17, 15) is 19.8 Å². The summed E-state index contributed by atoms with van der Waals surface area (Å²) in [7, 11) is 2.90. The summed E-state index contributed by atoms with van der Waals surface area (Å²) in [6.45, 7) is 1.26. The van der Waals surface area contributed by atoms with Crippen LogP contribution in [0.5, 0.6) is 0 Å². The van der Waals surface area contributed by atoms with Crippen molar-refractivity contribution in [2.24, 2.45) is 0 Å². The minimum absolute atomic E-state index is 0.210. The van der Waals surface area contributed by atoms with Crippen molar-refractivity contribution in [3.8, 4) is 23.7 Å². The van der Waals surface area contributed by atoms with E-state index in [1.165, 1.54) is 14.2 Å². The fourth-order valence-electron chi connectivity index (χ4n) is 7.15. The van der Waals surface area contributed by atoms with Crippen molar-refractivity contribution in [2.75, 3.05) is 40.5 Å². The molecule has 0 saturated carbocycles. The van der Waals surface area contributed by atoms with E-state index in [0.717, 1.165) is 24.0 Å². The molecular weight excluding hydrogens is 752 g/mol. The molecule has 2 unspecified atom stereocenters. The Morgan fingerprint density at radius 1 is 0.638 bits per heavy atom. The van der Waals surface area contributed by atoms with Gasteiger partial charge in [-0.05, 0) is 37.5 Å². The fraction of sp³-hybridized carbons (Fsp3) is 0.571. The summed E-state index contributed by atoms with van der Waals surface area (Å²) < 4.78 is 46.5. The van der Waals surface area contributed by atoms with E-state index in [0.29, 0.717) is 38.8 Å². The third kappa shape index (κ3) is 11.7. The second-order valence-corrected chi connectivity index (χ2v) is 14.3. The zero-order chi connectivity index (χ0) is 40.7. The van der Waals surface area contributed by atoms with Crippen LogP contribution >= 0.6 is 0 Å². The molecule has 16 heteroatoms. The Morgan fingerprint density at radius 3 is 1.45 bits per heavy atom. The molecule has 16 nitrogen and oxygen atoms in total. The molecule has 2 aromatic rings. The van der Waals surface area contributed by atoms with Crippen molar-refractivity contribution in [1.29, 1.82) is 0 Å². The van der Waals surface area contributed by atoms with Crippen molar-refractivity contribution in [1.82, 2.24) is 21.3 Å². The molecule has 6 N–H and O–H groups in total. The van der Waals surface area contributed by atoms with Gasteiger partial charge in [0, 0.05) is 51.3 Å². The van der Waals surface area contributed by atoms with E-state index in [2.05, 4.69) is 44.9 Å². The normalized spacial score (nSPS) is 31.4. The average molecular weight is 807 g/mol. The maximum absolute atomic E-state index is 12.7. The maximum Gasteiger partial charge on any atom is 0.315 e. The number of urea groups is 2. The topological polar surface area (TPSA) is 197 Å². The Bertz CT molecular complexity index is 1590. The second kappa shape index (κ2) is 22.2. The smallest absolute Gasteiger partial charge is 0.315 e. The SMILES string of the molecule is CO[C@H]1O[C@@H]2COC(c3ccccc3)O[C@H]2[C@H](O)[C@H]1NC(=O)NCCCCC#CC#CCCCCNC(=O)N[C@H]1[C@@H](OC)O[C@@H]2COC(c3ccccc3)O[C@H]2[C@@H]1O. The summed E-state index contributed by atoms with van der Waals surface area (Å²) in [6, 6.07) is 16.2. The number of nitrogens with one attached hydrogen (secondary N) is 4. The van der Waals surface area contributed by atoms with Gasteiger partial charge in [-0.1, -0.05) is 72.5 Å². The van der Waals surface area contributed by atoms with Crippen LogP contribution in [0.3, 0.4) is 0 Å². The first kappa shape index (κ1) is 43.3. The molecular formula is C42H54N4O12. The molecule has 0 radical (unpaired) electrons. The van der Waals surface area contributed by atoms with Crippen LogP contribution in [0.25, 0.3) is 0 Å².